The van der Waals surface area contributed by atoms with Gasteiger partial charge >= 0.3 is 0 Å². The molecular formula is C24H34Si2. The van der Waals surface area contributed by atoms with Crippen molar-refractivity contribution in [3.63, 3.8) is 0 Å². The van der Waals surface area contributed by atoms with Crippen LogP contribution in [0.25, 0.3) is 0 Å². The van der Waals surface area contributed by atoms with Crippen LogP contribution in [0.1, 0.15) is 27.2 Å². The Labute approximate surface area is 162 Å². The first-order chi connectivity index (χ1) is 12.1. The number of rotatable bonds is 6. The molecule has 0 fully saturated rings. The smallest absolute Gasteiger partial charge is 0.103 e. The van der Waals surface area contributed by atoms with E-state index >= 15 is 0 Å². The van der Waals surface area contributed by atoms with Gasteiger partial charge in [0.15, 0.2) is 0 Å². The molecule has 0 nitrogen and oxygen atoms in total. The second kappa shape index (κ2) is 7.93. The standard InChI is InChI=1S/C24H34Si2/c1-8-15-23(25(5,6)7)20-26(24(2,3)4,21-16-11-9-12-17-21)22-18-13-10-14-19-22/h8-14,16-20H,1,15H2,2-7H3/b23-20+. The monoisotopic (exact) mass is 378 g/mol. The van der Waals surface area contributed by atoms with Crippen molar-refractivity contribution in [1.82, 2.24) is 0 Å². The van der Waals surface area contributed by atoms with Gasteiger partial charge in [0, 0.05) is 0 Å². The molecule has 0 aliphatic carbocycles. The minimum atomic E-state index is -2.13. The van der Waals surface area contributed by atoms with E-state index in [-0.39, 0.29) is 5.04 Å². The van der Waals surface area contributed by atoms with E-state index in [0.29, 0.717) is 0 Å². The lowest BCUT2D eigenvalue weighted by Gasteiger charge is -2.43. The van der Waals surface area contributed by atoms with Crippen molar-refractivity contribution in [2.45, 2.75) is 51.9 Å². The van der Waals surface area contributed by atoms with Crippen molar-refractivity contribution >= 4 is 26.5 Å². The minimum absolute atomic E-state index is 0.168. The van der Waals surface area contributed by atoms with Crippen LogP contribution in [0.3, 0.4) is 0 Å². The number of hydrogen-bond donors (Lipinski definition) is 0. The van der Waals surface area contributed by atoms with E-state index in [9.17, 15) is 0 Å². The zero-order valence-corrected chi connectivity index (χ0v) is 19.3. The number of benzene rings is 2. The molecule has 0 heterocycles. The third-order valence-electron chi connectivity index (χ3n) is 5.36. The lowest BCUT2D eigenvalue weighted by molar-refractivity contribution is 0.738. The van der Waals surface area contributed by atoms with E-state index in [1.165, 1.54) is 10.4 Å². The molecule has 0 aliphatic rings. The summed E-state index contributed by atoms with van der Waals surface area (Å²) in [5, 5.41) is 4.79. The lowest BCUT2D eigenvalue weighted by atomic mass is 10.2. The predicted octanol–water partition coefficient (Wildman–Crippen LogP) is 5.97. The predicted molar refractivity (Wildman–Crippen MR) is 124 cm³/mol. The summed E-state index contributed by atoms with van der Waals surface area (Å²) in [6.45, 7) is 18.7. The maximum atomic E-state index is 4.05. The lowest BCUT2D eigenvalue weighted by Crippen LogP contribution is -2.63. The fraction of sp³-hybridized carbons (Fsp3) is 0.333. The zero-order valence-electron chi connectivity index (χ0n) is 17.3. The molecule has 0 saturated heterocycles. The fourth-order valence-electron chi connectivity index (χ4n) is 3.82. The van der Waals surface area contributed by atoms with Gasteiger partial charge in [-0.15, -0.1) is 6.58 Å². The molecule has 26 heavy (non-hydrogen) atoms. The van der Waals surface area contributed by atoms with Gasteiger partial charge in [0.1, 0.15) is 8.07 Å². The van der Waals surface area contributed by atoms with E-state index < -0.39 is 16.1 Å². The summed E-state index contributed by atoms with van der Waals surface area (Å²) in [5.74, 6) is 0. The Kier molecular flexibility index (Phi) is 6.30. The Morgan fingerprint density at radius 2 is 1.27 bits per heavy atom. The molecule has 2 rings (SSSR count). The van der Waals surface area contributed by atoms with Crippen molar-refractivity contribution in [3.8, 4) is 0 Å². The van der Waals surface area contributed by atoms with Crippen LogP contribution in [0.5, 0.6) is 0 Å². The SMILES string of the molecule is C=CC/C(=C\[Si](c1ccccc1)(c1ccccc1)C(C)(C)C)[Si](C)(C)C. The highest BCUT2D eigenvalue weighted by Crippen LogP contribution is 2.38. The molecule has 0 bridgehead atoms. The zero-order chi connectivity index (χ0) is 19.4. The molecule has 0 saturated carbocycles. The van der Waals surface area contributed by atoms with Crippen LogP contribution in [0.4, 0.5) is 0 Å². The molecule has 0 spiro atoms. The maximum Gasteiger partial charge on any atom is 0.146 e. The van der Waals surface area contributed by atoms with E-state index in [1.54, 1.807) is 5.20 Å². The highest BCUT2D eigenvalue weighted by molar-refractivity contribution is 7.08. The Morgan fingerprint density at radius 3 is 1.58 bits per heavy atom. The van der Waals surface area contributed by atoms with Gasteiger partial charge in [0.05, 0.1) is 8.07 Å². The van der Waals surface area contributed by atoms with E-state index in [1.807, 2.05) is 0 Å². The first-order valence-electron chi connectivity index (χ1n) is 9.57. The largest absolute Gasteiger partial charge is 0.146 e. The summed E-state index contributed by atoms with van der Waals surface area (Å²) in [7, 11) is -3.57. The van der Waals surface area contributed by atoms with Gasteiger partial charge in [-0.05, 0) is 21.8 Å². The van der Waals surface area contributed by atoms with Crippen molar-refractivity contribution in [2.75, 3.05) is 0 Å². The number of allylic oxidation sites excluding steroid dienone is 2. The van der Waals surface area contributed by atoms with Gasteiger partial charge in [0.25, 0.3) is 0 Å². The molecule has 0 amide bonds. The maximum absolute atomic E-state index is 4.05. The Bertz CT molecular complexity index is 705. The second-order valence-electron chi connectivity index (χ2n) is 9.20. The van der Waals surface area contributed by atoms with Crippen molar-refractivity contribution in [1.29, 1.82) is 0 Å². The van der Waals surface area contributed by atoms with Gasteiger partial charge < -0.3 is 0 Å². The van der Waals surface area contributed by atoms with Crippen LogP contribution in [0.15, 0.2) is 84.2 Å². The molecule has 0 unspecified atom stereocenters. The van der Waals surface area contributed by atoms with Gasteiger partial charge in [-0.25, -0.2) is 0 Å². The second-order valence-corrected chi connectivity index (χ2v) is 18.9. The first-order valence-corrected chi connectivity index (χ1v) is 15.1. The molecule has 0 N–H and O–H groups in total. The van der Waals surface area contributed by atoms with Gasteiger partial charge in [-0.1, -0.05) is 118 Å². The van der Waals surface area contributed by atoms with Crippen LogP contribution >= 0.6 is 0 Å². The summed E-state index contributed by atoms with van der Waals surface area (Å²) < 4.78 is 0. The summed E-state index contributed by atoms with van der Waals surface area (Å²) in [6, 6.07) is 22.4. The molecular weight excluding hydrogens is 344 g/mol. The van der Waals surface area contributed by atoms with Crippen LogP contribution in [0, 0.1) is 0 Å². The first kappa shape index (κ1) is 20.7. The molecule has 0 aliphatic heterocycles. The summed E-state index contributed by atoms with van der Waals surface area (Å²) in [6.07, 6.45) is 3.09. The third kappa shape index (κ3) is 4.18. The minimum Gasteiger partial charge on any atom is -0.103 e. The quantitative estimate of drug-likeness (QED) is 0.429. The van der Waals surface area contributed by atoms with E-state index in [4.69, 9.17) is 0 Å². The fourth-order valence-corrected chi connectivity index (χ4v) is 11.9. The average Bonchev–Trinajstić information content (AvgIpc) is 2.58. The molecule has 0 atom stereocenters. The van der Waals surface area contributed by atoms with E-state index in [2.05, 4.69) is 119 Å². The highest BCUT2D eigenvalue weighted by Gasteiger charge is 2.46. The van der Waals surface area contributed by atoms with Crippen LogP contribution < -0.4 is 10.4 Å². The molecule has 0 aromatic heterocycles. The van der Waals surface area contributed by atoms with Crippen molar-refractivity contribution < 1.29 is 0 Å². The molecule has 138 valence electrons. The average molecular weight is 379 g/mol. The number of hydrogen-bond acceptors (Lipinski definition) is 0. The molecule has 2 aromatic carbocycles. The molecule has 2 heteroatoms. The topological polar surface area (TPSA) is 0 Å². The Hall–Kier alpha value is -1.65. The summed E-state index contributed by atoms with van der Waals surface area (Å²) >= 11 is 0. The molecule has 0 radical (unpaired) electrons. The summed E-state index contributed by atoms with van der Waals surface area (Å²) in [5.41, 5.74) is 2.73. The van der Waals surface area contributed by atoms with Crippen LogP contribution in [0.2, 0.25) is 24.7 Å². The van der Waals surface area contributed by atoms with Crippen LogP contribution in [-0.2, 0) is 0 Å². The summed E-state index contributed by atoms with van der Waals surface area (Å²) in [4.78, 5) is 0. The van der Waals surface area contributed by atoms with Gasteiger partial charge in [-0.2, -0.15) is 0 Å². The van der Waals surface area contributed by atoms with E-state index in [0.717, 1.165) is 6.42 Å². The molecule has 2 aromatic rings. The normalized spacial score (nSPS) is 13.5. The van der Waals surface area contributed by atoms with Gasteiger partial charge in [-0.3, -0.25) is 0 Å². The Morgan fingerprint density at radius 1 is 0.846 bits per heavy atom. The van der Waals surface area contributed by atoms with Crippen molar-refractivity contribution in [3.05, 3.63) is 84.2 Å². The highest BCUT2D eigenvalue weighted by atomic mass is 28.3. The van der Waals surface area contributed by atoms with Crippen LogP contribution in [-0.4, -0.2) is 16.1 Å². The van der Waals surface area contributed by atoms with Gasteiger partial charge in [0.2, 0.25) is 0 Å². The Balaban J connectivity index is 2.91. The third-order valence-corrected chi connectivity index (χ3v) is 13.6. The van der Waals surface area contributed by atoms with Crippen molar-refractivity contribution in [2.24, 2.45) is 0 Å².